The Balaban J connectivity index is 2.47. The zero-order chi connectivity index (χ0) is 15.6. The normalized spacial score (nSPS) is 11.7. The highest BCUT2D eigenvalue weighted by molar-refractivity contribution is 6.04. The predicted octanol–water partition coefficient (Wildman–Crippen LogP) is 2.47. The number of anilines is 1. The van der Waals surface area contributed by atoms with Gasteiger partial charge in [0.05, 0.1) is 11.7 Å². The average Bonchev–Trinajstić information content (AvgIpc) is 2.85. The second kappa shape index (κ2) is 5.67. The number of carbonyl (C=O) groups excluding carboxylic acids is 1. The summed E-state index contributed by atoms with van der Waals surface area (Å²) in [6.45, 7) is 5.44. The molecule has 2 rings (SSSR count). The molecule has 0 fully saturated rings. The molecule has 1 N–H and O–H groups in total. The Morgan fingerprint density at radius 2 is 1.81 bits per heavy atom. The molecule has 0 saturated heterocycles. The van der Waals surface area contributed by atoms with E-state index in [1.54, 1.807) is 43.6 Å². The first-order valence-electron chi connectivity index (χ1n) is 6.69. The lowest BCUT2D eigenvalue weighted by Crippen LogP contribution is -2.54. The van der Waals surface area contributed by atoms with Gasteiger partial charge in [0.1, 0.15) is 0 Å². The van der Waals surface area contributed by atoms with Crippen molar-refractivity contribution in [3.05, 3.63) is 48.2 Å². The quantitative estimate of drug-likeness (QED) is 0.881. The highest BCUT2D eigenvalue weighted by Gasteiger charge is 2.33. The number of hydrazine groups is 1. The molecule has 6 nitrogen and oxygen atoms in total. The summed E-state index contributed by atoms with van der Waals surface area (Å²) in [6, 6.07) is 10.5. The van der Waals surface area contributed by atoms with E-state index >= 15 is 0 Å². The third kappa shape index (κ3) is 3.12. The molecule has 0 aliphatic carbocycles. The summed E-state index contributed by atoms with van der Waals surface area (Å²) in [5.74, 6) is 0.165. The van der Waals surface area contributed by atoms with E-state index in [0.717, 1.165) is 5.17 Å². The van der Waals surface area contributed by atoms with Gasteiger partial charge in [-0.1, -0.05) is 23.4 Å². The fourth-order valence-electron chi connectivity index (χ4n) is 1.86. The van der Waals surface area contributed by atoms with E-state index in [-0.39, 0.29) is 5.91 Å². The summed E-state index contributed by atoms with van der Waals surface area (Å²) < 4.78 is 1.54. The monoisotopic (exact) mass is 288 g/mol. The summed E-state index contributed by atoms with van der Waals surface area (Å²) in [6.07, 6.45) is 1.58. The van der Waals surface area contributed by atoms with Gasteiger partial charge in [-0.15, -0.1) is 0 Å². The molecular weight excluding hydrogens is 268 g/mol. The predicted molar refractivity (Wildman–Crippen MR) is 79.8 cm³/mol. The topological polar surface area (TPSA) is 61.6 Å². The van der Waals surface area contributed by atoms with Crippen molar-refractivity contribution in [1.29, 1.82) is 0 Å². The minimum absolute atomic E-state index is 0.323. The number of amides is 1. The number of rotatable bonds is 3. The first-order chi connectivity index (χ1) is 9.82. The van der Waals surface area contributed by atoms with Gasteiger partial charge >= 0.3 is 0 Å². The van der Waals surface area contributed by atoms with Crippen LogP contribution in [0.2, 0.25) is 0 Å². The molecule has 0 atom stereocenters. The van der Waals surface area contributed by atoms with Gasteiger partial charge in [-0.25, -0.2) is 0 Å². The Morgan fingerprint density at radius 1 is 1.19 bits per heavy atom. The lowest BCUT2D eigenvalue weighted by molar-refractivity contribution is -0.158. The van der Waals surface area contributed by atoms with Gasteiger partial charge in [0.25, 0.3) is 5.91 Å². The van der Waals surface area contributed by atoms with Crippen LogP contribution in [0.15, 0.2) is 42.6 Å². The van der Waals surface area contributed by atoms with Gasteiger partial charge in [-0.05, 0) is 32.9 Å². The first-order valence-corrected chi connectivity index (χ1v) is 6.69. The highest BCUT2D eigenvalue weighted by Crippen LogP contribution is 2.23. The fourth-order valence-corrected chi connectivity index (χ4v) is 1.86. The zero-order valence-corrected chi connectivity index (χ0v) is 12.7. The van der Waals surface area contributed by atoms with Crippen LogP contribution in [0.4, 0.5) is 5.82 Å². The Hall–Kier alpha value is -2.18. The van der Waals surface area contributed by atoms with Crippen LogP contribution in [0, 0.1) is 0 Å². The Bertz CT molecular complexity index is 616. The van der Waals surface area contributed by atoms with Gasteiger partial charge in [0, 0.05) is 18.7 Å². The summed E-state index contributed by atoms with van der Waals surface area (Å²) in [7, 11) is 1.72. The van der Waals surface area contributed by atoms with Gasteiger partial charge in [0.15, 0.2) is 5.82 Å². The third-order valence-electron chi connectivity index (χ3n) is 3.01. The maximum Gasteiger partial charge on any atom is 0.276 e. The van der Waals surface area contributed by atoms with Crippen molar-refractivity contribution in [2.45, 2.75) is 26.3 Å². The molecule has 112 valence electrons. The van der Waals surface area contributed by atoms with Crippen LogP contribution in [0.5, 0.6) is 0 Å². The van der Waals surface area contributed by atoms with E-state index in [4.69, 9.17) is 0 Å². The van der Waals surface area contributed by atoms with Crippen molar-refractivity contribution in [1.82, 2.24) is 15.0 Å². The summed E-state index contributed by atoms with van der Waals surface area (Å²) in [5, 5.41) is 16.7. The van der Waals surface area contributed by atoms with Crippen LogP contribution in [-0.4, -0.2) is 31.6 Å². The Kier molecular flexibility index (Phi) is 4.11. The second-order valence-electron chi connectivity index (χ2n) is 5.76. The van der Waals surface area contributed by atoms with E-state index < -0.39 is 5.54 Å². The molecule has 1 aromatic carbocycles. The van der Waals surface area contributed by atoms with E-state index in [2.05, 4.69) is 5.10 Å². The first kappa shape index (κ1) is 15.2. The summed E-state index contributed by atoms with van der Waals surface area (Å²) >= 11 is 0. The molecule has 1 heterocycles. The van der Waals surface area contributed by atoms with Crippen molar-refractivity contribution >= 4 is 11.7 Å². The SMILES string of the molecule is Cn1nccc1N(C(=O)c1ccccc1)N(O)C(C)(C)C. The molecular formula is C15H20N4O2. The Labute approximate surface area is 124 Å². The standard InChI is InChI=1S/C15H20N4O2/c1-15(2,3)19(21)18(13-10-11-16-17(13)4)14(20)12-8-6-5-7-9-12/h5-11,21H,1-4H3. The van der Waals surface area contributed by atoms with E-state index in [0.29, 0.717) is 11.4 Å². The molecule has 0 bridgehead atoms. The zero-order valence-electron chi connectivity index (χ0n) is 12.7. The van der Waals surface area contributed by atoms with E-state index in [1.807, 2.05) is 26.8 Å². The second-order valence-corrected chi connectivity index (χ2v) is 5.76. The summed E-state index contributed by atoms with van der Waals surface area (Å²) in [4.78, 5) is 12.8. The van der Waals surface area contributed by atoms with Crippen LogP contribution in [0.1, 0.15) is 31.1 Å². The summed E-state index contributed by atoms with van der Waals surface area (Å²) in [5.41, 5.74) is -0.156. The molecule has 1 amide bonds. The maximum atomic E-state index is 12.8. The van der Waals surface area contributed by atoms with E-state index in [1.165, 1.54) is 9.69 Å². The fraction of sp³-hybridized carbons (Fsp3) is 0.333. The van der Waals surface area contributed by atoms with Crippen LogP contribution in [0.25, 0.3) is 0 Å². The van der Waals surface area contributed by atoms with Gasteiger partial charge in [-0.2, -0.15) is 10.1 Å². The largest absolute Gasteiger partial charge is 0.294 e. The van der Waals surface area contributed by atoms with Crippen LogP contribution in [-0.2, 0) is 7.05 Å². The number of nitrogens with zero attached hydrogens (tertiary/aromatic N) is 4. The highest BCUT2D eigenvalue weighted by atomic mass is 16.6. The van der Waals surface area contributed by atoms with Crippen LogP contribution in [0.3, 0.4) is 0 Å². The molecule has 0 aliphatic heterocycles. The van der Waals surface area contributed by atoms with Crippen molar-refractivity contribution < 1.29 is 10.0 Å². The molecule has 2 aromatic rings. The molecule has 1 aromatic heterocycles. The third-order valence-corrected chi connectivity index (χ3v) is 3.01. The number of benzene rings is 1. The van der Waals surface area contributed by atoms with Gasteiger partial charge < -0.3 is 0 Å². The van der Waals surface area contributed by atoms with Gasteiger partial charge in [-0.3, -0.25) is 14.7 Å². The van der Waals surface area contributed by atoms with Gasteiger partial charge in [0.2, 0.25) is 0 Å². The molecule has 0 aliphatic rings. The van der Waals surface area contributed by atoms with Crippen molar-refractivity contribution in [2.24, 2.45) is 7.05 Å². The lowest BCUT2D eigenvalue weighted by atomic mass is 10.1. The molecule has 0 saturated carbocycles. The number of hydrogen-bond donors (Lipinski definition) is 1. The maximum absolute atomic E-state index is 12.8. The number of aryl methyl sites for hydroxylation is 1. The smallest absolute Gasteiger partial charge is 0.276 e. The number of carbonyl (C=O) groups is 1. The number of hydrogen-bond acceptors (Lipinski definition) is 4. The molecule has 0 spiro atoms. The van der Waals surface area contributed by atoms with Crippen LogP contribution < -0.4 is 5.01 Å². The van der Waals surface area contributed by atoms with E-state index in [9.17, 15) is 10.0 Å². The minimum atomic E-state index is -0.644. The van der Waals surface area contributed by atoms with Crippen molar-refractivity contribution in [3.8, 4) is 0 Å². The molecule has 6 heteroatoms. The van der Waals surface area contributed by atoms with Crippen molar-refractivity contribution in [3.63, 3.8) is 0 Å². The van der Waals surface area contributed by atoms with Crippen molar-refractivity contribution in [2.75, 3.05) is 5.01 Å². The Morgan fingerprint density at radius 3 is 2.29 bits per heavy atom. The lowest BCUT2D eigenvalue weighted by Gasteiger charge is -2.37. The average molecular weight is 288 g/mol. The molecule has 0 unspecified atom stereocenters. The number of hydroxylamine groups is 1. The van der Waals surface area contributed by atoms with Crippen LogP contribution >= 0.6 is 0 Å². The molecule has 0 radical (unpaired) electrons. The minimum Gasteiger partial charge on any atom is -0.294 e. The number of aromatic nitrogens is 2. The molecule has 21 heavy (non-hydrogen) atoms.